The van der Waals surface area contributed by atoms with E-state index in [0.717, 1.165) is 75.0 Å². The predicted octanol–water partition coefficient (Wildman–Crippen LogP) is 2.46. The van der Waals surface area contributed by atoms with E-state index in [1.807, 2.05) is 38.4 Å². The fourth-order valence-corrected chi connectivity index (χ4v) is 5.64. The Morgan fingerprint density at radius 1 is 1.11 bits per heavy atom. The van der Waals surface area contributed by atoms with Crippen LogP contribution < -0.4 is 4.90 Å². The maximum absolute atomic E-state index is 13.3. The predicted molar refractivity (Wildman–Crippen MR) is 138 cm³/mol. The molecule has 5 heterocycles. The Kier molecular flexibility index (Phi) is 7.19. The van der Waals surface area contributed by atoms with Crippen molar-refractivity contribution < 1.29 is 4.79 Å². The molecular formula is C25H34N8OS. The van der Waals surface area contributed by atoms with Gasteiger partial charge in [0.25, 0.3) is 5.78 Å². The highest BCUT2D eigenvalue weighted by Gasteiger charge is 2.28. The lowest BCUT2D eigenvalue weighted by atomic mass is 9.96. The first kappa shape index (κ1) is 24.0. The van der Waals surface area contributed by atoms with Crippen LogP contribution in [0, 0.1) is 19.8 Å². The molecule has 0 bridgehead atoms. The summed E-state index contributed by atoms with van der Waals surface area (Å²) in [7, 11) is 0. The average molecular weight is 495 g/mol. The van der Waals surface area contributed by atoms with E-state index < -0.39 is 0 Å². The Morgan fingerprint density at radius 2 is 1.94 bits per heavy atom. The summed E-state index contributed by atoms with van der Waals surface area (Å²) in [4.78, 5) is 33.9. The van der Waals surface area contributed by atoms with Gasteiger partial charge >= 0.3 is 0 Å². The van der Waals surface area contributed by atoms with Crippen molar-refractivity contribution in [1.29, 1.82) is 0 Å². The van der Waals surface area contributed by atoms with Crippen LogP contribution in [0.2, 0.25) is 0 Å². The van der Waals surface area contributed by atoms with Crippen molar-refractivity contribution in [2.45, 2.75) is 38.3 Å². The average Bonchev–Trinajstić information content (AvgIpc) is 3.31. The molecule has 3 aromatic heterocycles. The Bertz CT molecular complexity index is 1180. The van der Waals surface area contributed by atoms with Crippen molar-refractivity contribution in [3.05, 3.63) is 41.3 Å². The second-order valence-electron chi connectivity index (χ2n) is 9.57. The van der Waals surface area contributed by atoms with Gasteiger partial charge in [-0.05, 0) is 51.0 Å². The lowest BCUT2D eigenvalue weighted by Gasteiger charge is -2.39. The third kappa shape index (κ3) is 5.28. The number of nitrogens with zero attached hydrogens (tertiary/aromatic N) is 8. The van der Waals surface area contributed by atoms with Crippen LogP contribution in [0.15, 0.2) is 29.6 Å². The normalized spacial score (nSPS) is 19.5. The Hall–Kier alpha value is -2.72. The number of likely N-dealkylation sites (tertiary alicyclic amines) is 1. The minimum Gasteiger partial charge on any atom is -0.354 e. The third-order valence-corrected chi connectivity index (χ3v) is 7.81. The van der Waals surface area contributed by atoms with E-state index in [4.69, 9.17) is 0 Å². The van der Waals surface area contributed by atoms with Gasteiger partial charge in [-0.25, -0.2) is 14.5 Å². The zero-order valence-corrected chi connectivity index (χ0v) is 21.7. The molecule has 186 valence electrons. The van der Waals surface area contributed by atoms with Crippen LogP contribution in [-0.2, 0) is 11.2 Å². The van der Waals surface area contributed by atoms with E-state index in [9.17, 15) is 4.79 Å². The third-order valence-electron chi connectivity index (χ3n) is 7.27. The molecule has 2 aliphatic rings. The number of rotatable bonds is 6. The van der Waals surface area contributed by atoms with E-state index >= 15 is 0 Å². The van der Waals surface area contributed by atoms with Crippen molar-refractivity contribution in [1.82, 2.24) is 34.4 Å². The number of pyridine rings is 1. The number of amides is 1. The SMILES string of the molecule is CSc1nc2nc(C)c(CC(=O)N3CCCC(CN4CCN(c5ccccn5)CC4)C3)c(C)n2n1. The summed E-state index contributed by atoms with van der Waals surface area (Å²) in [5.74, 6) is 2.38. The number of piperidine rings is 1. The molecule has 5 rings (SSSR count). The van der Waals surface area contributed by atoms with Gasteiger partial charge < -0.3 is 9.80 Å². The fraction of sp³-hybridized carbons (Fsp3) is 0.560. The molecule has 10 heteroatoms. The van der Waals surface area contributed by atoms with Gasteiger partial charge in [0.15, 0.2) is 0 Å². The zero-order valence-electron chi connectivity index (χ0n) is 20.9. The Morgan fingerprint density at radius 3 is 2.69 bits per heavy atom. The fourth-order valence-electron chi connectivity index (χ4n) is 5.30. The summed E-state index contributed by atoms with van der Waals surface area (Å²) in [6, 6.07) is 6.09. The molecule has 1 unspecified atom stereocenters. The molecule has 9 nitrogen and oxygen atoms in total. The highest BCUT2D eigenvalue weighted by Crippen LogP contribution is 2.22. The van der Waals surface area contributed by atoms with Gasteiger partial charge in [-0.2, -0.15) is 4.98 Å². The second kappa shape index (κ2) is 10.5. The Labute approximate surface area is 210 Å². The standard InChI is InChI=1S/C25H34N8OS/c1-18-21(19(2)33-24(27-18)28-25(29-33)35-3)15-23(34)32-10-6-7-20(17-32)16-30-11-13-31(14-12-30)22-8-4-5-9-26-22/h4-5,8-9,20H,6-7,10-17H2,1-3H3. The van der Waals surface area contributed by atoms with Crippen LogP contribution in [0.1, 0.15) is 29.8 Å². The number of carbonyl (C=O) groups is 1. The molecule has 2 aliphatic heterocycles. The first-order valence-electron chi connectivity index (χ1n) is 12.4. The van der Waals surface area contributed by atoms with Gasteiger partial charge in [0.1, 0.15) is 5.82 Å². The van der Waals surface area contributed by atoms with Crippen molar-refractivity contribution in [2.24, 2.45) is 5.92 Å². The molecule has 0 spiro atoms. The van der Waals surface area contributed by atoms with Crippen LogP contribution in [0.5, 0.6) is 0 Å². The summed E-state index contributed by atoms with van der Waals surface area (Å²) in [5, 5.41) is 5.22. The van der Waals surface area contributed by atoms with Crippen molar-refractivity contribution in [3.63, 3.8) is 0 Å². The molecule has 1 atom stereocenters. The summed E-state index contributed by atoms with van der Waals surface area (Å²) >= 11 is 1.50. The van der Waals surface area contributed by atoms with Crippen molar-refractivity contribution >= 4 is 29.3 Å². The summed E-state index contributed by atoms with van der Waals surface area (Å²) in [5.41, 5.74) is 2.78. The van der Waals surface area contributed by atoms with Crippen LogP contribution in [-0.4, -0.2) is 92.3 Å². The number of carbonyl (C=O) groups excluding carboxylic acids is 1. The molecule has 2 saturated heterocycles. The first-order valence-corrected chi connectivity index (χ1v) is 13.7. The van der Waals surface area contributed by atoms with Gasteiger partial charge in [-0.15, -0.1) is 5.10 Å². The van der Waals surface area contributed by atoms with Gasteiger partial charge in [0, 0.05) is 69.0 Å². The maximum atomic E-state index is 13.3. The van der Waals surface area contributed by atoms with Gasteiger partial charge in [-0.1, -0.05) is 17.8 Å². The number of aryl methyl sites for hydroxylation is 2. The molecular weight excluding hydrogens is 460 g/mol. The van der Waals surface area contributed by atoms with E-state index in [0.29, 0.717) is 23.3 Å². The van der Waals surface area contributed by atoms with E-state index in [1.54, 1.807) is 4.52 Å². The number of hydrogen-bond acceptors (Lipinski definition) is 8. The summed E-state index contributed by atoms with van der Waals surface area (Å²) in [6.45, 7) is 10.8. The lowest BCUT2D eigenvalue weighted by molar-refractivity contribution is -0.132. The molecule has 0 aliphatic carbocycles. The summed E-state index contributed by atoms with van der Waals surface area (Å²) in [6.07, 6.45) is 6.44. The minimum atomic E-state index is 0.187. The highest BCUT2D eigenvalue weighted by molar-refractivity contribution is 7.98. The molecule has 3 aromatic rings. The molecule has 1 amide bonds. The largest absolute Gasteiger partial charge is 0.354 e. The number of thioether (sulfide) groups is 1. The van der Waals surface area contributed by atoms with E-state index in [2.05, 4.69) is 40.8 Å². The van der Waals surface area contributed by atoms with Gasteiger partial charge in [-0.3, -0.25) is 9.69 Å². The molecule has 0 saturated carbocycles. The molecule has 0 aromatic carbocycles. The second-order valence-corrected chi connectivity index (χ2v) is 10.3. The van der Waals surface area contributed by atoms with E-state index in [1.165, 1.54) is 18.2 Å². The molecule has 2 fully saturated rings. The van der Waals surface area contributed by atoms with Gasteiger partial charge in [0.2, 0.25) is 11.1 Å². The smallest absolute Gasteiger partial charge is 0.253 e. The number of aromatic nitrogens is 5. The number of piperazine rings is 1. The van der Waals surface area contributed by atoms with Crippen molar-refractivity contribution in [2.75, 3.05) is 57.0 Å². The minimum absolute atomic E-state index is 0.187. The molecule has 0 N–H and O–H groups in total. The highest BCUT2D eigenvalue weighted by atomic mass is 32.2. The van der Waals surface area contributed by atoms with Gasteiger partial charge in [0.05, 0.1) is 6.42 Å². The molecule has 35 heavy (non-hydrogen) atoms. The van der Waals surface area contributed by atoms with E-state index in [-0.39, 0.29) is 5.91 Å². The monoisotopic (exact) mass is 494 g/mol. The number of anilines is 1. The zero-order chi connectivity index (χ0) is 24.4. The van der Waals surface area contributed by atoms with Crippen LogP contribution >= 0.6 is 11.8 Å². The number of hydrogen-bond donors (Lipinski definition) is 0. The Balaban J connectivity index is 1.18. The van der Waals surface area contributed by atoms with Crippen molar-refractivity contribution in [3.8, 4) is 0 Å². The first-order chi connectivity index (χ1) is 17.0. The van der Waals surface area contributed by atoms with Crippen LogP contribution in [0.4, 0.5) is 5.82 Å². The summed E-state index contributed by atoms with van der Waals surface area (Å²) < 4.78 is 1.77. The topological polar surface area (TPSA) is 82.8 Å². The lowest BCUT2D eigenvalue weighted by Crippen LogP contribution is -2.50. The molecule has 0 radical (unpaired) electrons. The quantitative estimate of drug-likeness (QED) is 0.484. The number of fused-ring (bicyclic) bond motifs is 1. The van der Waals surface area contributed by atoms with Crippen LogP contribution in [0.3, 0.4) is 0 Å². The maximum Gasteiger partial charge on any atom is 0.253 e. The van der Waals surface area contributed by atoms with Crippen LogP contribution in [0.25, 0.3) is 5.78 Å².